The number of aromatic carboxylic acids is 1. The lowest BCUT2D eigenvalue weighted by Crippen LogP contribution is -2.31. The Balaban J connectivity index is 2.21. The number of hydrogen-bond donors (Lipinski definition) is 2. The first-order valence-corrected chi connectivity index (χ1v) is 6.43. The molecule has 0 aliphatic heterocycles. The average molecular weight is 284 g/mol. The summed E-state index contributed by atoms with van der Waals surface area (Å²) in [6.45, 7) is 1.67. The number of carbonyl (C=O) groups excluding carboxylic acids is 1. The maximum atomic E-state index is 12.2. The Morgan fingerprint density at radius 1 is 1.05 bits per heavy atom. The Morgan fingerprint density at radius 2 is 1.71 bits per heavy atom. The molecule has 0 bridgehead atoms. The number of nitrogens with one attached hydrogen (secondary N) is 1. The second-order valence-electron chi connectivity index (χ2n) is 4.61. The van der Waals surface area contributed by atoms with Crippen molar-refractivity contribution < 1.29 is 14.7 Å². The highest BCUT2D eigenvalue weighted by Gasteiger charge is 2.14. The van der Waals surface area contributed by atoms with Crippen molar-refractivity contribution in [1.29, 1.82) is 0 Å². The molecule has 0 atom stereocenters. The van der Waals surface area contributed by atoms with E-state index in [2.05, 4.69) is 5.32 Å². The van der Waals surface area contributed by atoms with Crippen molar-refractivity contribution in [2.75, 3.05) is 17.3 Å². The van der Waals surface area contributed by atoms with Gasteiger partial charge < -0.3 is 10.4 Å². The van der Waals surface area contributed by atoms with E-state index in [0.29, 0.717) is 11.3 Å². The van der Waals surface area contributed by atoms with E-state index in [4.69, 9.17) is 5.11 Å². The molecule has 2 rings (SSSR count). The van der Waals surface area contributed by atoms with E-state index in [0.717, 1.165) is 5.69 Å². The fourth-order valence-corrected chi connectivity index (χ4v) is 1.97. The summed E-state index contributed by atoms with van der Waals surface area (Å²) >= 11 is 0. The molecule has 0 aliphatic carbocycles. The highest BCUT2D eigenvalue weighted by atomic mass is 16.4. The van der Waals surface area contributed by atoms with Gasteiger partial charge in [0.25, 0.3) is 0 Å². The van der Waals surface area contributed by atoms with E-state index in [9.17, 15) is 9.59 Å². The normalized spacial score (nSPS) is 10.0. The monoisotopic (exact) mass is 284 g/mol. The Morgan fingerprint density at radius 3 is 2.33 bits per heavy atom. The molecule has 2 aromatic rings. The highest BCUT2D eigenvalue weighted by Crippen LogP contribution is 2.20. The van der Waals surface area contributed by atoms with E-state index >= 15 is 0 Å². The predicted octanol–water partition coefficient (Wildman–Crippen LogP) is 3.36. The van der Waals surface area contributed by atoms with Gasteiger partial charge in [-0.2, -0.15) is 0 Å². The molecule has 0 unspecified atom stereocenters. The summed E-state index contributed by atoms with van der Waals surface area (Å²) in [7, 11) is 1.65. The second-order valence-corrected chi connectivity index (χ2v) is 4.61. The SMILES string of the molecule is Cc1c(NC(=O)N(C)c2ccccc2)cccc1C(=O)O. The van der Waals surface area contributed by atoms with Crippen LogP contribution in [0.25, 0.3) is 0 Å². The molecule has 2 amide bonds. The third-order valence-corrected chi connectivity index (χ3v) is 3.25. The van der Waals surface area contributed by atoms with Crippen molar-refractivity contribution in [3.05, 3.63) is 59.7 Å². The Labute approximate surface area is 122 Å². The number of nitrogens with zero attached hydrogens (tertiary/aromatic N) is 1. The van der Waals surface area contributed by atoms with E-state index in [1.807, 2.05) is 30.3 Å². The van der Waals surface area contributed by atoms with Crippen LogP contribution in [-0.2, 0) is 0 Å². The first-order chi connectivity index (χ1) is 10.0. The number of para-hydroxylation sites is 1. The van der Waals surface area contributed by atoms with Crippen LogP contribution in [0.4, 0.5) is 16.2 Å². The van der Waals surface area contributed by atoms with Gasteiger partial charge in [0.15, 0.2) is 0 Å². The van der Waals surface area contributed by atoms with E-state index < -0.39 is 5.97 Å². The number of benzene rings is 2. The minimum atomic E-state index is -1.01. The first kappa shape index (κ1) is 14.6. The lowest BCUT2D eigenvalue weighted by molar-refractivity contribution is 0.0696. The zero-order chi connectivity index (χ0) is 15.4. The Kier molecular flexibility index (Phi) is 4.23. The number of carboxylic acids is 1. The topological polar surface area (TPSA) is 69.6 Å². The fraction of sp³-hybridized carbons (Fsp3) is 0.125. The average Bonchev–Trinajstić information content (AvgIpc) is 2.49. The summed E-state index contributed by atoms with van der Waals surface area (Å²) in [6, 6.07) is 13.7. The summed E-state index contributed by atoms with van der Waals surface area (Å²) in [5, 5.41) is 11.8. The molecule has 2 N–H and O–H groups in total. The van der Waals surface area contributed by atoms with E-state index in [1.165, 1.54) is 11.0 Å². The fourth-order valence-electron chi connectivity index (χ4n) is 1.97. The lowest BCUT2D eigenvalue weighted by atomic mass is 10.1. The van der Waals surface area contributed by atoms with Crippen LogP contribution in [0.1, 0.15) is 15.9 Å². The van der Waals surface area contributed by atoms with Gasteiger partial charge in [0.2, 0.25) is 0 Å². The van der Waals surface area contributed by atoms with Gasteiger partial charge in [-0.25, -0.2) is 9.59 Å². The quantitative estimate of drug-likeness (QED) is 0.908. The number of carbonyl (C=O) groups is 2. The number of urea groups is 1. The molecule has 0 saturated heterocycles. The van der Waals surface area contributed by atoms with Gasteiger partial charge in [-0.1, -0.05) is 24.3 Å². The molecular weight excluding hydrogens is 268 g/mol. The smallest absolute Gasteiger partial charge is 0.336 e. The van der Waals surface area contributed by atoms with Crippen molar-refractivity contribution in [2.45, 2.75) is 6.92 Å². The Bertz CT molecular complexity index is 668. The summed E-state index contributed by atoms with van der Waals surface area (Å²) in [6.07, 6.45) is 0. The van der Waals surface area contributed by atoms with Gasteiger partial charge in [-0.15, -0.1) is 0 Å². The molecule has 2 aromatic carbocycles. The zero-order valence-electron chi connectivity index (χ0n) is 11.8. The minimum Gasteiger partial charge on any atom is -0.478 e. The maximum Gasteiger partial charge on any atom is 0.336 e. The number of anilines is 2. The Hall–Kier alpha value is -2.82. The van der Waals surface area contributed by atoms with Crippen molar-refractivity contribution in [3.8, 4) is 0 Å². The predicted molar refractivity (Wildman–Crippen MR) is 82.0 cm³/mol. The highest BCUT2D eigenvalue weighted by molar-refractivity contribution is 6.02. The van der Waals surface area contributed by atoms with E-state index in [1.54, 1.807) is 26.1 Å². The van der Waals surface area contributed by atoms with Crippen LogP contribution < -0.4 is 10.2 Å². The summed E-state index contributed by atoms with van der Waals surface area (Å²) < 4.78 is 0. The van der Waals surface area contributed by atoms with Gasteiger partial charge in [0, 0.05) is 18.4 Å². The van der Waals surface area contributed by atoms with Crippen molar-refractivity contribution in [3.63, 3.8) is 0 Å². The summed E-state index contributed by atoms with van der Waals surface area (Å²) in [5.74, 6) is -1.01. The van der Waals surface area contributed by atoms with Crippen LogP contribution in [0.5, 0.6) is 0 Å². The third kappa shape index (κ3) is 3.20. The molecule has 5 heteroatoms. The number of hydrogen-bond acceptors (Lipinski definition) is 2. The maximum absolute atomic E-state index is 12.2. The number of amides is 2. The van der Waals surface area contributed by atoms with Crippen LogP contribution in [-0.4, -0.2) is 24.2 Å². The lowest BCUT2D eigenvalue weighted by Gasteiger charge is -2.19. The van der Waals surface area contributed by atoms with Crippen molar-refractivity contribution >= 4 is 23.4 Å². The molecule has 5 nitrogen and oxygen atoms in total. The van der Waals surface area contributed by atoms with Crippen LogP contribution >= 0.6 is 0 Å². The molecule has 108 valence electrons. The molecule has 0 radical (unpaired) electrons. The first-order valence-electron chi connectivity index (χ1n) is 6.43. The molecule has 0 spiro atoms. The summed E-state index contributed by atoms with van der Waals surface area (Å²) in [4.78, 5) is 24.8. The largest absolute Gasteiger partial charge is 0.478 e. The van der Waals surface area contributed by atoms with Gasteiger partial charge in [0.05, 0.1) is 5.56 Å². The molecular formula is C16H16N2O3. The van der Waals surface area contributed by atoms with Gasteiger partial charge in [-0.05, 0) is 36.8 Å². The molecule has 0 aliphatic rings. The van der Waals surface area contributed by atoms with Gasteiger partial charge >= 0.3 is 12.0 Å². The molecule has 21 heavy (non-hydrogen) atoms. The summed E-state index contributed by atoms with van der Waals surface area (Å²) in [5.41, 5.74) is 1.94. The van der Waals surface area contributed by atoms with E-state index in [-0.39, 0.29) is 11.6 Å². The van der Waals surface area contributed by atoms with Crippen molar-refractivity contribution in [1.82, 2.24) is 0 Å². The molecule has 0 heterocycles. The standard InChI is InChI=1S/C16H16N2O3/c1-11-13(15(19)20)9-6-10-14(11)17-16(21)18(2)12-7-4-3-5-8-12/h3-10H,1-2H3,(H,17,21)(H,19,20). The van der Waals surface area contributed by atoms with Crippen LogP contribution in [0.3, 0.4) is 0 Å². The van der Waals surface area contributed by atoms with Crippen LogP contribution in [0, 0.1) is 6.92 Å². The zero-order valence-corrected chi connectivity index (χ0v) is 11.8. The van der Waals surface area contributed by atoms with Crippen LogP contribution in [0.15, 0.2) is 48.5 Å². The number of rotatable bonds is 3. The molecule has 0 fully saturated rings. The van der Waals surface area contributed by atoms with Crippen LogP contribution in [0.2, 0.25) is 0 Å². The second kappa shape index (κ2) is 6.09. The molecule has 0 aromatic heterocycles. The minimum absolute atomic E-state index is 0.176. The number of carboxylic acid groups (broad SMARTS) is 1. The van der Waals surface area contributed by atoms with Gasteiger partial charge in [0.1, 0.15) is 0 Å². The molecule has 0 saturated carbocycles. The van der Waals surface area contributed by atoms with Crippen molar-refractivity contribution in [2.24, 2.45) is 0 Å². The van der Waals surface area contributed by atoms with Gasteiger partial charge in [-0.3, -0.25) is 4.90 Å². The third-order valence-electron chi connectivity index (χ3n) is 3.25.